The summed E-state index contributed by atoms with van der Waals surface area (Å²) in [4.78, 5) is 0.595. The van der Waals surface area contributed by atoms with Gasteiger partial charge in [-0.05, 0) is 18.0 Å². The van der Waals surface area contributed by atoms with E-state index in [1.54, 1.807) is 18.2 Å². The summed E-state index contributed by atoms with van der Waals surface area (Å²) in [5.74, 6) is -0.00926. The maximum atomic E-state index is 10.7. The van der Waals surface area contributed by atoms with Crippen molar-refractivity contribution >= 4 is 11.9 Å². The lowest BCUT2D eigenvalue weighted by molar-refractivity contribution is -0.272. The zero-order chi connectivity index (χ0) is 6.69. The van der Waals surface area contributed by atoms with Crippen LogP contribution in [0.15, 0.2) is 29.2 Å². The van der Waals surface area contributed by atoms with Crippen LogP contribution in [-0.4, -0.2) is 0 Å². The van der Waals surface area contributed by atoms with Crippen LogP contribution < -0.4 is 10.2 Å². The first kappa shape index (κ1) is 6.45. The Morgan fingerprint density at radius 3 is 2.44 bits per heavy atom. The van der Waals surface area contributed by atoms with E-state index in [1.165, 1.54) is 6.07 Å². The summed E-state index contributed by atoms with van der Waals surface area (Å²) < 4.78 is 0. The van der Waals surface area contributed by atoms with Crippen LogP contribution in [-0.2, 0) is 0 Å². The molecule has 0 aliphatic rings. The van der Waals surface area contributed by atoms with Crippen molar-refractivity contribution in [3.05, 3.63) is 24.3 Å². The van der Waals surface area contributed by atoms with Gasteiger partial charge in [-0.25, -0.2) is 0 Å². The lowest BCUT2D eigenvalue weighted by Crippen LogP contribution is -1.92. The molecule has 2 nitrogen and oxygen atoms in total. The third-order valence-corrected chi connectivity index (χ3v) is 1.57. The number of benzene rings is 1. The lowest BCUT2D eigenvalue weighted by atomic mass is 10.3. The predicted octanol–water partition coefficient (Wildman–Crippen LogP) is 0.726. The predicted molar refractivity (Wildman–Crippen MR) is 35.9 cm³/mol. The van der Waals surface area contributed by atoms with Gasteiger partial charge in [-0.1, -0.05) is 23.9 Å². The van der Waals surface area contributed by atoms with Gasteiger partial charge >= 0.3 is 0 Å². The molecule has 48 valence electrons. The summed E-state index contributed by atoms with van der Waals surface area (Å²) in [7, 11) is 0. The van der Waals surface area contributed by atoms with Crippen LogP contribution in [0.2, 0.25) is 0 Å². The number of rotatable bonds is 1. The molecule has 3 heteroatoms. The summed E-state index contributed by atoms with van der Waals surface area (Å²) in [5.41, 5.74) is 0. The molecule has 0 saturated carbocycles. The van der Waals surface area contributed by atoms with Crippen molar-refractivity contribution in [3.8, 4) is 5.75 Å². The molecule has 1 aromatic carbocycles. The van der Waals surface area contributed by atoms with Crippen LogP contribution in [0.5, 0.6) is 5.75 Å². The molecule has 9 heavy (non-hydrogen) atoms. The summed E-state index contributed by atoms with van der Waals surface area (Å²) in [6.07, 6.45) is 0. The Bertz CT molecular complexity index is 202. The minimum atomic E-state index is -0.00926. The number of para-hydroxylation sites is 1. The van der Waals surface area contributed by atoms with E-state index >= 15 is 0 Å². The van der Waals surface area contributed by atoms with Gasteiger partial charge in [0.25, 0.3) is 0 Å². The van der Waals surface area contributed by atoms with E-state index < -0.39 is 0 Å². The molecular weight excluding hydrogens is 134 g/mol. The van der Waals surface area contributed by atoms with Crippen molar-refractivity contribution in [3.63, 3.8) is 0 Å². The topological polar surface area (TPSA) is 49.1 Å². The molecule has 1 aromatic rings. The maximum Gasteiger partial charge on any atom is 0.0147 e. The monoisotopic (exact) mass is 140 g/mol. The second kappa shape index (κ2) is 2.75. The fraction of sp³-hybridized carbons (Fsp3) is 0. The summed E-state index contributed by atoms with van der Waals surface area (Å²) in [5, 5.41) is 15.9. The number of hydrogen-bond acceptors (Lipinski definition) is 3. The summed E-state index contributed by atoms with van der Waals surface area (Å²) in [6.45, 7) is 0. The Labute approximate surface area is 57.8 Å². The molecule has 0 saturated heterocycles. The van der Waals surface area contributed by atoms with Crippen LogP contribution >= 0.6 is 11.9 Å². The second-order valence-corrected chi connectivity index (χ2v) is 2.24. The van der Waals surface area contributed by atoms with Gasteiger partial charge in [0.1, 0.15) is 0 Å². The summed E-state index contributed by atoms with van der Waals surface area (Å²) >= 11 is 0.983. The largest absolute Gasteiger partial charge is 0.872 e. The highest BCUT2D eigenvalue weighted by molar-refractivity contribution is 7.97. The average molecular weight is 140 g/mol. The molecule has 0 unspecified atom stereocenters. The fourth-order valence-electron chi connectivity index (χ4n) is 0.548. The van der Waals surface area contributed by atoms with E-state index in [0.717, 1.165) is 11.9 Å². The number of hydrogen-bond donors (Lipinski definition) is 1. The van der Waals surface area contributed by atoms with E-state index in [9.17, 15) is 5.11 Å². The minimum absolute atomic E-state index is 0.00926. The Kier molecular flexibility index (Phi) is 1.97. The first-order valence-corrected chi connectivity index (χ1v) is 3.35. The van der Waals surface area contributed by atoms with Gasteiger partial charge < -0.3 is 5.11 Å². The molecule has 0 bridgehead atoms. The fourth-order valence-corrected chi connectivity index (χ4v) is 0.889. The van der Waals surface area contributed by atoms with Gasteiger partial charge in [0.2, 0.25) is 0 Å². The van der Waals surface area contributed by atoms with Crippen LogP contribution in [0.25, 0.3) is 0 Å². The molecule has 0 amide bonds. The first-order chi connectivity index (χ1) is 4.34. The molecule has 1 rings (SSSR count). The van der Waals surface area contributed by atoms with Crippen molar-refractivity contribution < 1.29 is 5.11 Å². The van der Waals surface area contributed by atoms with Crippen molar-refractivity contribution in [1.82, 2.24) is 0 Å². The standard InChI is InChI=1S/C6H7NOS/c7-9-6-4-2-1-3-5(6)8/h1-4,8H,7H2/p-1. The van der Waals surface area contributed by atoms with Crippen LogP contribution in [0, 0.1) is 0 Å². The maximum absolute atomic E-state index is 10.7. The highest BCUT2D eigenvalue weighted by Gasteiger charge is 1.86. The smallest absolute Gasteiger partial charge is 0.0147 e. The Balaban J connectivity index is 3.01. The molecule has 0 fully saturated rings. The summed E-state index contributed by atoms with van der Waals surface area (Å²) in [6, 6.07) is 6.68. The molecule has 0 aliphatic heterocycles. The van der Waals surface area contributed by atoms with Gasteiger partial charge in [-0.3, -0.25) is 5.14 Å². The van der Waals surface area contributed by atoms with E-state index in [4.69, 9.17) is 5.14 Å². The van der Waals surface area contributed by atoms with E-state index in [1.807, 2.05) is 0 Å². The van der Waals surface area contributed by atoms with Crippen LogP contribution in [0.4, 0.5) is 0 Å². The SMILES string of the molecule is NSc1ccccc1[O-]. The minimum Gasteiger partial charge on any atom is -0.872 e. The second-order valence-electron chi connectivity index (χ2n) is 1.56. The Morgan fingerprint density at radius 2 is 2.00 bits per heavy atom. The quantitative estimate of drug-likeness (QED) is 0.585. The normalized spacial score (nSPS) is 9.44. The molecule has 0 radical (unpaired) electrons. The van der Waals surface area contributed by atoms with Gasteiger partial charge in [0.15, 0.2) is 0 Å². The highest BCUT2D eigenvalue weighted by atomic mass is 32.2. The third-order valence-electron chi connectivity index (χ3n) is 0.976. The molecule has 0 heterocycles. The Morgan fingerprint density at radius 1 is 1.33 bits per heavy atom. The van der Waals surface area contributed by atoms with Crippen molar-refractivity contribution in [2.45, 2.75) is 4.90 Å². The number of nitrogens with two attached hydrogens (primary N) is 1. The highest BCUT2D eigenvalue weighted by Crippen LogP contribution is 2.19. The van der Waals surface area contributed by atoms with Gasteiger partial charge in [-0.15, -0.1) is 0 Å². The molecular formula is C6H6NOS-. The Hall–Kier alpha value is -0.670. The molecule has 0 atom stereocenters. The van der Waals surface area contributed by atoms with Crippen molar-refractivity contribution in [2.75, 3.05) is 0 Å². The van der Waals surface area contributed by atoms with Crippen LogP contribution in [0.3, 0.4) is 0 Å². The van der Waals surface area contributed by atoms with E-state index in [2.05, 4.69) is 0 Å². The van der Waals surface area contributed by atoms with Gasteiger partial charge in [0.05, 0.1) is 0 Å². The van der Waals surface area contributed by atoms with Crippen LogP contribution in [0.1, 0.15) is 0 Å². The van der Waals surface area contributed by atoms with E-state index in [-0.39, 0.29) is 5.75 Å². The zero-order valence-corrected chi connectivity index (χ0v) is 5.52. The van der Waals surface area contributed by atoms with Gasteiger partial charge in [0, 0.05) is 4.90 Å². The van der Waals surface area contributed by atoms with E-state index in [0.29, 0.717) is 4.90 Å². The molecule has 0 aromatic heterocycles. The zero-order valence-electron chi connectivity index (χ0n) is 4.70. The third kappa shape index (κ3) is 1.37. The first-order valence-electron chi connectivity index (χ1n) is 2.47. The van der Waals surface area contributed by atoms with Crippen molar-refractivity contribution in [2.24, 2.45) is 5.14 Å². The molecule has 0 spiro atoms. The molecule has 0 aliphatic carbocycles. The lowest BCUT2D eigenvalue weighted by Gasteiger charge is -2.08. The average Bonchev–Trinajstić information content (AvgIpc) is 1.89. The van der Waals surface area contributed by atoms with Gasteiger partial charge in [-0.2, -0.15) is 0 Å². The van der Waals surface area contributed by atoms with Crippen molar-refractivity contribution in [1.29, 1.82) is 0 Å². The molecule has 2 N–H and O–H groups in total.